The molecule has 0 saturated carbocycles. The van der Waals surface area contributed by atoms with Gasteiger partial charge < -0.3 is 0 Å². The second kappa shape index (κ2) is 6.12. The molecule has 9 heteroatoms. The highest BCUT2D eigenvalue weighted by molar-refractivity contribution is 7.89. The third-order valence-corrected chi connectivity index (χ3v) is 5.71. The molecule has 1 aromatic heterocycles. The van der Waals surface area contributed by atoms with Crippen LogP contribution in [0, 0.1) is 12.8 Å². The molecule has 0 aliphatic carbocycles. The van der Waals surface area contributed by atoms with E-state index < -0.39 is 15.9 Å². The van der Waals surface area contributed by atoms with Gasteiger partial charge in [-0.1, -0.05) is 0 Å². The van der Waals surface area contributed by atoms with Crippen LogP contribution in [0.3, 0.4) is 0 Å². The minimum absolute atomic E-state index is 0.155. The van der Waals surface area contributed by atoms with Crippen molar-refractivity contribution in [3.05, 3.63) is 11.9 Å². The van der Waals surface area contributed by atoms with Crippen LogP contribution in [0.2, 0.25) is 0 Å². The Morgan fingerprint density at radius 1 is 1.57 bits per heavy atom. The molecule has 1 saturated heterocycles. The maximum atomic E-state index is 12.7. The summed E-state index contributed by atoms with van der Waals surface area (Å²) in [6, 6.07) is 0. The average Bonchev–Trinajstić information content (AvgIpc) is 2.88. The summed E-state index contributed by atoms with van der Waals surface area (Å²) in [7, 11) is -3.63. The van der Waals surface area contributed by atoms with Gasteiger partial charge in [0, 0.05) is 25.8 Å². The quantitative estimate of drug-likeness (QED) is 0.446. The number of carbonyl (C=O) groups excluding carboxylic acids is 1. The van der Waals surface area contributed by atoms with E-state index in [0.717, 1.165) is 0 Å². The van der Waals surface area contributed by atoms with Crippen LogP contribution in [0.5, 0.6) is 0 Å². The standard InChI is InChI=1S/C12H21N5O3S/c1-3-16-8-11(9(2)15-16)21(19,20)17-6-4-5-10(7-17)12(18)14-13/h8,10H,3-7,13H2,1-2H3,(H,14,18). The summed E-state index contributed by atoms with van der Waals surface area (Å²) in [4.78, 5) is 11.8. The van der Waals surface area contributed by atoms with Crippen LogP contribution in [0.1, 0.15) is 25.5 Å². The number of nitrogens with zero attached hydrogens (tertiary/aromatic N) is 3. The fraction of sp³-hybridized carbons (Fsp3) is 0.667. The summed E-state index contributed by atoms with van der Waals surface area (Å²) >= 11 is 0. The molecule has 1 aromatic rings. The summed E-state index contributed by atoms with van der Waals surface area (Å²) in [5, 5.41) is 4.17. The van der Waals surface area contributed by atoms with Crippen molar-refractivity contribution in [2.45, 2.75) is 38.1 Å². The Hall–Kier alpha value is -1.45. The molecule has 2 rings (SSSR count). The summed E-state index contributed by atoms with van der Waals surface area (Å²) in [5.74, 6) is 4.41. The van der Waals surface area contributed by atoms with E-state index >= 15 is 0 Å². The number of hydrogen-bond donors (Lipinski definition) is 2. The third kappa shape index (κ3) is 3.09. The molecule has 1 aliphatic rings. The molecule has 1 amide bonds. The number of piperidine rings is 1. The number of amides is 1. The van der Waals surface area contributed by atoms with Crippen molar-refractivity contribution in [1.82, 2.24) is 19.5 Å². The fourth-order valence-corrected chi connectivity index (χ4v) is 4.24. The molecule has 1 unspecified atom stereocenters. The van der Waals surface area contributed by atoms with E-state index in [-0.39, 0.29) is 17.3 Å². The minimum atomic E-state index is -3.63. The second-order valence-corrected chi connectivity index (χ2v) is 7.05. The predicted octanol–water partition coefficient (Wildman–Crippen LogP) is -0.398. The van der Waals surface area contributed by atoms with Crippen LogP contribution in [-0.2, 0) is 21.4 Å². The van der Waals surface area contributed by atoms with Crippen LogP contribution in [-0.4, -0.2) is 41.5 Å². The highest BCUT2D eigenvalue weighted by Gasteiger charge is 2.34. The number of aromatic nitrogens is 2. The number of carbonyl (C=O) groups is 1. The van der Waals surface area contributed by atoms with Gasteiger partial charge in [-0.25, -0.2) is 14.3 Å². The molecule has 1 aliphatic heterocycles. The van der Waals surface area contributed by atoms with Crippen LogP contribution < -0.4 is 11.3 Å². The number of hydrazine groups is 1. The molecule has 0 radical (unpaired) electrons. The Morgan fingerprint density at radius 3 is 2.86 bits per heavy atom. The Balaban J connectivity index is 2.26. The maximum Gasteiger partial charge on any atom is 0.246 e. The van der Waals surface area contributed by atoms with E-state index in [1.165, 1.54) is 10.5 Å². The molecule has 21 heavy (non-hydrogen) atoms. The van der Waals surface area contributed by atoms with E-state index in [4.69, 9.17) is 5.84 Å². The summed E-state index contributed by atoms with van der Waals surface area (Å²) in [5.41, 5.74) is 2.57. The smallest absolute Gasteiger partial charge is 0.246 e. The lowest BCUT2D eigenvalue weighted by molar-refractivity contribution is -0.126. The lowest BCUT2D eigenvalue weighted by Crippen LogP contribution is -2.46. The predicted molar refractivity (Wildman–Crippen MR) is 76.5 cm³/mol. The topological polar surface area (TPSA) is 110 Å². The van der Waals surface area contributed by atoms with Crippen molar-refractivity contribution in [2.75, 3.05) is 13.1 Å². The van der Waals surface area contributed by atoms with Gasteiger partial charge in [0.15, 0.2) is 0 Å². The molecule has 0 bridgehead atoms. The summed E-state index contributed by atoms with van der Waals surface area (Å²) in [6.45, 7) is 4.74. The van der Waals surface area contributed by atoms with Crippen molar-refractivity contribution >= 4 is 15.9 Å². The first-order valence-electron chi connectivity index (χ1n) is 6.94. The van der Waals surface area contributed by atoms with E-state index in [9.17, 15) is 13.2 Å². The lowest BCUT2D eigenvalue weighted by Gasteiger charge is -2.30. The Morgan fingerprint density at radius 2 is 2.29 bits per heavy atom. The first-order valence-corrected chi connectivity index (χ1v) is 8.38. The highest BCUT2D eigenvalue weighted by Crippen LogP contribution is 2.25. The monoisotopic (exact) mass is 315 g/mol. The zero-order valence-corrected chi connectivity index (χ0v) is 13.1. The van der Waals surface area contributed by atoms with E-state index in [2.05, 4.69) is 10.5 Å². The molecule has 1 atom stereocenters. The van der Waals surface area contributed by atoms with Crippen molar-refractivity contribution in [2.24, 2.45) is 11.8 Å². The first-order chi connectivity index (χ1) is 9.90. The number of sulfonamides is 1. The van der Waals surface area contributed by atoms with Crippen LogP contribution in [0.25, 0.3) is 0 Å². The maximum absolute atomic E-state index is 12.7. The highest BCUT2D eigenvalue weighted by atomic mass is 32.2. The van der Waals surface area contributed by atoms with Gasteiger partial charge >= 0.3 is 0 Å². The van der Waals surface area contributed by atoms with Crippen LogP contribution in [0.15, 0.2) is 11.1 Å². The van der Waals surface area contributed by atoms with Gasteiger partial charge in [0.05, 0.1) is 11.6 Å². The normalized spacial score (nSPS) is 20.4. The fourth-order valence-electron chi connectivity index (χ4n) is 2.55. The van der Waals surface area contributed by atoms with Gasteiger partial charge in [-0.3, -0.25) is 14.9 Å². The molecule has 0 aromatic carbocycles. The number of nitrogens with two attached hydrogens (primary N) is 1. The average molecular weight is 315 g/mol. The third-order valence-electron chi connectivity index (χ3n) is 3.74. The van der Waals surface area contributed by atoms with E-state index in [1.54, 1.807) is 11.6 Å². The van der Waals surface area contributed by atoms with Crippen molar-refractivity contribution in [1.29, 1.82) is 0 Å². The summed E-state index contributed by atoms with van der Waals surface area (Å²) in [6.07, 6.45) is 2.82. The Kier molecular flexibility index (Phi) is 4.64. The molecule has 0 spiro atoms. The van der Waals surface area contributed by atoms with Gasteiger partial charge in [-0.05, 0) is 26.7 Å². The number of nitrogens with one attached hydrogen (secondary N) is 1. The van der Waals surface area contributed by atoms with E-state index in [1.807, 2.05) is 6.92 Å². The molecule has 118 valence electrons. The molecular formula is C12H21N5O3S. The van der Waals surface area contributed by atoms with Gasteiger partial charge in [-0.15, -0.1) is 0 Å². The van der Waals surface area contributed by atoms with Gasteiger partial charge in [0.25, 0.3) is 0 Å². The number of hydrogen-bond acceptors (Lipinski definition) is 5. The minimum Gasteiger partial charge on any atom is -0.294 e. The van der Waals surface area contributed by atoms with Gasteiger partial charge in [0.2, 0.25) is 15.9 Å². The van der Waals surface area contributed by atoms with Crippen LogP contribution in [0.4, 0.5) is 0 Å². The lowest BCUT2D eigenvalue weighted by atomic mass is 9.99. The first kappa shape index (κ1) is 15.9. The Labute approximate surface area is 124 Å². The zero-order chi connectivity index (χ0) is 15.6. The molecule has 8 nitrogen and oxygen atoms in total. The number of aryl methyl sites for hydroxylation is 2. The van der Waals surface area contributed by atoms with Crippen molar-refractivity contribution in [3.8, 4) is 0 Å². The summed E-state index contributed by atoms with van der Waals surface area (Å²) < 4.78 is 28.3. The zero-order valence-electron chi connectivity index (χ0n) is 12.2. The molecule has 3 N–H and O–H groups in total. The van der Waals surface area contributed by atoms with Crippen molar-refractivity contribution < 1.29 is 13.2 Å². The SMILES string of the molecule is CCn1cc(S(=O)(=O)N2CCCC(C(=O)NN)C2)c(C)n1. The molecule has 1 fully saturated rings. The van der Waals surface area contributed by atoms with Gasteiger partial charge in [-0.2, -0.15) is 9.40 Å². The molecular weight excluding hydrogens is 294 g/mol. The second-order valence-electron chi connectivity index (χ2n) is 5.15. The largest absolute Gasteiger partial charge is 0.294 e. The van der Waals surface area contributed by atoms with Crippen LogP contribution >= 0.6 is 0 Å². The molecule has 2 heterocycles. The number of rotatable bonds is 4. The van der Waals surface area contributed by atoms with Gasteiger partial charge in [0.1, 0.15) is 4.90 Å². The Bertz CT molecular complexity index is 625. The van der Waals surface area contributed by atoms with Crippen molar-refractivity contribution in [3.63, 3.8) is 0 Å². The van der Waals surface area contributed by atoms with E-state index in [0.29, 0.717) is 31.6 Å².